The van der Waals surface area contributed by atoms with Crippen molar-refractivity contribution >= 4 is 33.3 Å². The van der Waals surface area contributed by atoms with Crippen LogP contribution in [0.15, 0.2) is 41.3 Å². The fourth-order valence-corrected chi connectivity index (χ4v) is 4.61. The van der Waals surface area contributed by atoms with E-state index in [4.69, 9.17) is 4.74 Å². The van der Waals surface area contributed by atoms with Gasteiger partial charge in [0.05, 0.1) is 28.7 Å². The first-order chi connectivity index (χ1) is 15.1. The number of nitrogens with zero attached hydrogens (tertiary/aromatic N) is 1. The number of nitrogens with one attached hydrogen (secondary N) is 1. The van der Waals surface area contributed by atoms with E-state index in [0.29, 0.717) is 37.2 Å². The van der Waals surface area contributed by atoms with Gasteiger partial charge in [0, 0.05) is 18.8 Å². The van der Waals surface area contributed by atoms with E-state index in [1.807, 2.05) is 0 Å². The Labute approximate surface area is 183 Å². The SMILES string of the molecule is CCOC(=O)[C@H]1CCCN(c2ccc(NS(=O)(=O)c3ccc(F)c(F)c3)cc2C(=O)O)C1. The molecule has 2 aromatic rings. The number of ether oxygens (including phenoxy) is 1. The third kappa shape index (κ3) is 5.16. The van der Waals surface area contributed by atoms with Crippen LogP contribution in [0.5, 0.6) is 0 Å². The van der Waals surface area contributed by atoms with Gasteiger partial charge in [-0.1, -0.05) is 0 Å². The first-order valence-electron chi connectivity index (χ1n) is 9.89. The summed E-state index contributed by atoms with van der Waals surface area (Å²) in [5.41, 5.74) is 0.108. The topological polar surface area (TPSA) is 113 Å². The third-order valence-electron chi connectivity index (χ3n) is 5.06. The Morgan fingerprint density at radius 3 is 2.59 bits per heavy atom. The van der Waals surface area contributed by atoms with Gasteiger partial charge in [-0.25, -0.2) is 22.0 Å². The van der Waals surface area contributed by atoms with Crippen molar-refractivity contribution in [3.05, 3.63) is 53.6 Å². The number of anilines is 2. The van der Waals surface area contributed by atoms with Gasteiger partial charge in [0.15, 0.2) is 11.6 Å². The number of benzene rings is 2. The van der Waals surface area contributed by atoms with E-state index < -0.39 is 38.4 Å². The average Bonchev–Trinajstić information content (AvgIpc) is 2.75. The van der Waals surface area contributed by atoms with Crippen LogP contribution in [-0.4, -0.2) is 45.2 Å². The summed E-state index contributed by atoms with van der Waals surface area (Å²) in [6.45, 7) is 2.76. The van der Waals surface area contributed by atoms with Gasteiger partial charge in [-0.15, -0.1) is 0 Å². The van der Waals surface area contributed by atoms with Crippen LogP contribution in [0.4, 0.5) is 20.2 Å². The van der Waals surface area contributed by atoms with Gasteiger partial charge in [-0.2, -0.15) is 0 Å². The summed E-state index contributed by atoms with van der Waals surface area (Å²) < 4.78 is 58.8. The predicted octanol–water partition coefficient (Wildman–Crippen LogP) is 3.24. The zero-order valence-electron chi connectivity index (χ0n) is 17.2. The second-order valence-electron chi connectivity index (χ2n) is 7.26. The molecular formula is C21H22F2N2O6S. The van der Waals surface area contributed by atoms with Crippen molar-refractivity contribution in [1.29, 1.82) is 0 Å². The summed E-state index contributed by atoms with van der Waals surface area (Å²) in [7, 11) is -4.28. The number of aromatic carboxylic acids is 1. The summed E-state index contributed by atoms with van der Waals surface area (Å²) in [6.07, 6.45) is 1.29. The number of piperidine rings is 1. The number of rotatable bonds is 7. The van der Waals surface area contributed by atoms with E-state index in [2.05, 4.69) is 4.72 Å². The minimum atomic E-state index is -4.28. The highest BCUT2D eigenvalue weighted by Gasteiger charge is 2.29. The highest BCUT2D eigenvalue weighted by molar-refractivity contribution is 7.92. The zero-order chi connectivity index (χ0) is 23.5. The molecule has 2 N–H and O–H groups in total. The Bertz CT molecular complexity index is 1140. The van der Waals surface area contributed by atoms with Crippen molar-refractivity contribution in [3.8, 4) is 0 Å². The normalized spacial score (nSPS) is 16.5. The second-order valence-corrected chi connectivity index (χ2v) is 8.94. The second kappa shape index (κ2) is 9.51. The summed E-state index contributed by atoms with van der Waals surface area (Å²) in [4.78, 5) is 25.2. The molecule has 1 aliphatic rings. The Balaban J connectivity index is 1.87. The number of halogens is 2. The molecular weight excluding hydrogens is 446 g/mol. The number of carboxylic acid groups (broad SMARTS) is 1. The van der Waals surface area contributed by atoms with E-state index in [1.165, 1.54) is 12.1 Å². The molecule has 0 spiro atoms. The van der Waals surface area contributed by atoms with E-state index in [9.17, 15) is 31.9 Å². The lowest BCUT2D eigenvalue weighted by Gasteiger charge is -2.34. The average molecular weight is 468 g/mol. The number of carbonyl (C=O) groups is 2. The molecule has 0 aromatic heterocycles. The molecule has 0 saturated carbocycles. The Morgan fingerprint density at radius 1 is 1.19 bits per heavy atom. The van der Waals surface area contributed by atoms with Gasteiger partial charge >= 0.3 is 11.9 Å². The standard InChI is InChI=1S/C21H22F2N2O6S/c1-2-31-21(28)13-4-3-9-25(12-13)19-8-5-14(10-16(19)20(26)27)24-32(29,30)15-6-7-17(22)18(23)11-15/h5-8,10-11,13,24H,2-4,9,12H2,1H3,(H,26,27)/t13-/m0/s1. The van der Waals surface area contributed by atoms with Crippen LogP contribution in [0.25, 0.3) is 0 Å². The largest absolute Gasteiger partial charge is 0.478 e. The summed E-state index contributed by atoms with van der Waals surface area (Å²) in [5.74, 6) is -4.53. The molecule has 1 fully saturated rings. The molecule has 0 aliphatic carbocycles. The van der Waals surface area contributed by atoms with Crippen molar-refractivity contribution in [3.63, 3.8) is 0 Å². The number of hydrogen-bond acceptors (Lipinski definition) is 6. The van der Waals surface area contributed by atoms with Crippen LogP contribution in [-0.2, 0) is 19.6 Å². The van der Waals surface area contributed by atoms with E-state index in [0.717, 1.165) is 12.1 Å². The van der Waals surface area contributed by atoms with E-state index in [1.54, 1.807) is 11.8 Å². The third-order valence-corrected chi connectivity index (χ3v) is 6.44. The molecule has 0 unspecified atom stereocenters. The lowest BCUT2D eigenvalue weighted by Crippen LogP contribution is -2.40. The Hall–Kier alpha value is -3.21. The van der Waals surface area contributed by atoms with Crippen molar-refractivity contribution in [2.45, 2.75) is 24.7 Å². The van der Waals surface area contributed by atoms with Crippen molar-refractivity contribution in [2.24, 2.45) is 5.92 Å². The molecule has 32 heavy (non-hydrogen) atoms. The fourth-order valence-electron chi connectivity index (χ4n) is 3.55. The molecule has 2 aromatic carbocycles. The first-order valence-corrected chi connectivity index (χ1v) is 11.4. The maximum atomic E-state index is 13.4. The predicted molar refractivity (Wildman–Crippen MR) is 112 cm³/mol. The molecule has 1 heterocycles. The lowest BCUT2D eigenvalue weighted by molar-refractivity contribution is -0.148. The van der Waals surface area contributed by atoms with E-state index >= 15 is 0 Å². The molecule has 8 nitrogen and oxygen atoms in total. The van der Waals surface area contributed by atoms with Crippen LogP contribution in [0.2, 0.25) is 0 Å². The maximum Gasteiger partial charge on any atom is 0.337 e. The van der Waals surface area contributed by atoms with Crippen LogP contribution in [0.3, 0.4) is 0 Å². The Kier molecular flexibility index (Phi) is 6.97. The van der Waals surface area contributed by atoms with Gasteiger partial charge in [0.1, 0.15) is 0 Å². The molecule has 0 bridgehead atoms. The zero-order valence-corrected chi connectivity index (χ0v) is 18.0. The lowest BCUT2D eigenvalue weighted by atomic mass is 9.97. The maximum absolute atomic E-state index is 13.4. The summed E-state index contributed by atoms with van der Waals surface area (Å²) >= 11 is 0. The fraction of sp³-hybridized carbons (Fsp3) is 0.333. The van der Waals surface area contributed by atoms with Crippen molar-refractivity contribution in [2.75, 3.05) is 29.3 Å². The smallest absolute Gasteiger partial charge is 0.337 e. The molecule has 1 atom stereocenters. The number of esters is 1. The molecule has 11 heteroatoms. The van der Waals surface area contributed by atoms with Gasteiger partial charge in [0.2, 0.25) is 0 Å². The van der Waals surface area contributed by atoms with Gasteiger partial charge in [0.25, 0.3) is 10.0 Å². The Morgan fingerprint density at radius 2 is 1.94 bits per heavy atom. The molecule has 172 valence electrons. The molecule has 0 amide bonds. The minimum absolute atomic E-state index is 0.0603. The van der Waals surface area contributed by atoms with Crippen LogP contribution in [0, 0.1) is 17.6 Å². The molecule has 1 saturated heterocycles. The quantitative estimate of drug-likeness (QED) is 0.600. The number of hydrogen-bond donors (Lipinski definition) is 2. The van der Waals surface area contributed by atoms with Crippen LogP contribution < -0.4 is 9.62 Å². The van der Waals surface area contributed by atoms with Crippen molar-refractivity contribution in [1.82, 2.24) is 0 Å². The minimum Gasteiger partial charge on any atom is -0.478 e. The van der Waals surface area contributed by atoms with Crippen molar-refractivity contribution < 1.29 is 36.6 Å². The van der Waals surface area contributed by atoms with E-state index in [-0.39, 0.29) is 30.4 Å². The number of sulfonamides is 1. The first kappa shape index (κ1) is 23.5. The highest BCUT2D eigenvalue weighted by Crippen LogP contribution is 2.30. The summed E-state index contributed by atoms with van der Waals surface area (Å²) in [6, 6.07) is 6.08. The summed E-state index contributed by atoms with van der Waals surface area (Å²) in [5, 5.41) is 9.68. The van der Waals surface area contributed by atoms with Gasteiger partial charge in [-0.05, 0) is 56.2 Å². The monoisotopic (exact) mass is 468 g/mol. The van der Waals surface area contributed by atoms with Crippen LogP contribution in [0.1, 0.15) is 30.1 Å². The van der Waals surface area contributed by atoms with Crippen LogP contribution >= 0.6 is 0 Å². The highest BCUT2D eigenvalue weighted by atomic mass is 32.2. The molecule has 0 radical (unpaired) electrons. The molecule has 3 rings (SSSR count). The number of carboxylic acids is 1. The van der Waals surface area contributed by atoms with Gasteiger partial charge in [-0.3, -0.25) is 9.52 Å². The van der Waals surface area contributed by atoms with Gasteiger partial charge < -0.3 is 14.7 Å². The molecule has 1 aliphatic heterocycles. The number of carbonyl (C=O) groups excluding carboxylic acids is 1.